The van der Waals surface area contributed by atoms with Gasteiger partial charge in [-0.2, -0.15) is 13.2 Å². The van der Waals surface area contributed by atoms with E-state index >= 15 is 0 Å². The average Bonchev–Trinajstić information content (AvgIpc) is 3.07. The first-order chi connectivity index (χ1) is 13.7. The van der Waals surface area contributed by atoms with Gasteiger partial charge in [-0.1, -0.05) is 42.0 Å². The van der Waals surface area contributed by atoms with Crippen LogP contribution in [0.1, 0.15) is 34.0 Å². The zero-order valence-corrected chi connectivity index (χ0v) is 16.6. The van der Waals surface area contributed by atoms with Crippen LogP contribution in [0.15, 0.2) is 58.9 Å². The molecule has 0 aliphatic rings. The van der Waals surface area contributed by atoms with Gasteiger partial charge >= 0.3 is 6.18 Å². The van der Waals surface area contributed by atoms with Crippen molar-refractivity contribution in [2.75, 3.05) is 6.54 Å². The van der Waals surface area contributed by atoms with Gasteiger partial charge in [0.25, 0.3) is 0 Å². The summed E-state index contributed by atoms with van der Waals surface area (Å²) in [6, 6.07) is 12.0. The largest absolute Gasteiger partial charge is 0.506 e. The Balaban J connectivity index is 1.82. The standard InChI is InChI=1S/C22H18F3NO2S/c1-13-6-8-15(9-7-13)19(27)11-26-14(2)18-12-29-21(20(18)28)16-4-3-5-17(10-16)22(23,24)25/h3-10,12,28H,11H2,1-2H3. The first-order valence-corrected chi connectivity index (χ1v) is 9.64. The van der Waals surface area contributed by atoms with E-state index in [0.29, 0.717) is 21.7 Å². The van der Waals surface area contributed by atoms with Crippen LogP contribution in [0.5, 0.6) is 5.75 Å². The zero-order chi connectivity index (χ0) is 21.2. The maximum Gasteiger partial charge on any atom is 0.416 e. The second-order valence-electron chi connectivity index (χ2n) is 6.60. The van der Waals surface area contributed by atoms with E-state index in [1.807, 2.05) is 19.1 Å². The van der Waals surface area contributed by atoms with Crippen molar-refractivity contribution in [3.63, 3.8) is 0 Å². The lowest BCUT2D eigenvalue weighted by Crippen LogP contribution is -2.06. The Bertz CT molecular complexity index is 1070. The number of carbonyl (C=O) groups is 1. The van der Waals surface area contributed by atoms with Crippen LogP contribution in [-0.4, -0.2) is 23.1 Å². The third kappa shape index (κ3) is 4.74. The fourth-order valence-corrected chi connectivity index (χ4v) is 3.76. The Kier molecular flexibility index (Phi) is 5.88. The number of rotatable bonds is 5. The number of hydrogen-bond donors (Lipinski definition) is 1. The van der Waals surface area contributed by atoms with E-state index in [-0.39, 0.29) is 23.6 Å². The molecule has 3 rings (SSSR count). The van der Waals surface area contributed by atoms with Gasteiger partial charge in [0.2, 0.25) is 0 Å². The van der Waals surface area contributed by atoms with Crippen LogP contribution in [0, 0.1) is 6.92 Å². The summed E-state index contributed by atoms with van der Waals surface area (Å²) in [5.74, 6) is -0.296. The Morgan fingerprint density at radius 1 is 1.14 bits per heavy atom. The number of aryl methyl sites for hydroxylation is 1. The normalized spacial score (nSPS) is 12.2. The van der Waals surface area contributed by atoms with E-state index in [1.54, 1.807) is 24.4 Å². The van der Waals surface area contributed by atoms with Crippen LogP contribution in [0.2, 0.25) is 0 Å². The summed E-state index contributed by atoms with van der Waals surface area (Å²) >= 11 is 1.13. The highest BCUT2D eigenvalue weighted by molar-refractivity contribution is 7.14. The molecule has 0 aliphatic heterocycles. The number of nitrogens with zero attached hydrogens (tertiary/aromatic N) is 1. The highest BCUT2D eigenvalue weighted by atomic mass is 32.1. The second-order valence-corrected chi connectivity index (χ2v) is 7.48. The van der Waals surface area contributed by atoms with Crippen LogP contribution in [0.3, 0.4) is 0 Å². The number of carbonyl (C=O) groups excluding carboxylic acids is 1. The van der Waals surface area contributed by atoms with Crippen molar-refractivity contribution in [2.45, 2.75) is 20.0 Å². The Morgan fingerprint density at radius 3 is 2.48 bits per heavy atom. The van der Waals surface area contributed by atoms with Gasteiger partial charge in [0.15, 0.2) is 5.78 Å². The van der Waals surface area contributed by atoms with Crippen LogP contribution < -0.4 is 0 Å². The van der Waals surface area contributed by atoms with Gasteiger partial charge in [-0.25, -0.2) is 0 Å². The third-order valence-corrected chi connectivity index (χ3v) is 5.46. The van der Waals surface area contributed by atoms with Crippen LogP contribution in [0.25, 0.3) is 10.4 Å². The maximum absolute atomic E-state index is 12.9. The number of aliphatic imine (C=N–C) groups is 1. The highest BCUT2D eigenvalue weighted by Crippen LogP contribution is 2.40. The first kappa shape index (κ1) is 20.8. The van der Waals surface area contributed by atoms with E-state index < -0.39 is 11.7 Å². The molecule has 0 radical (unpaired) electrons. The lowest BCUT2D eigenvalue weighted by Gasteiger charge is -2.08. The predicted molar refractivity (Wildman–Crippen MR) is 109 cm³/mol. The second kappa shape index (κ2) is 8.21. The molecule has 0 unspecified atom stereocenters. The molecule has 0 bridgehead atoms. The van der Waals surface area contributed by atoms with Crippen LogP contribution >= 0.6 is 11.3 Å². The van der Waals surface area contributed by atoms with Crippen molar-refractivity contribution >= 4 is 22.8 Å². The zero-order valence-electron chi connectivity index (χ0n) is 15.7. The predicted octanol–water partition coefficient (Wildman–Crippen LogP) is 6.14. The minimum atomic E-state index is -4.46. The molecule has 0 spiro atoms. The summed E-state index contributed by atoms with van der Waals surface area (Å²) in [5, 5.41) is 12.1. The van der Waals surface area contributed by atoms with Gasteiger partial charge in [-0.15, -0.1) is 11.3 Å². The van der Waals surface area contributed by atoms with Crippen molar-refractivity contribution < 1.29 is 23.1 Å². The smallest absolute Gasteiger partial charge is 0.416 e. The lowest BCUT2D eigenvalue weighted by atomic mass is 10.1. The molecule has 2 aromatic carbocycles. The van der Waals surface area contributed by atoms with Gasteiger partial charge in [0.05, 0.1) is 10.4 Å². The molecule has 3 aromatic rings. The summed E-state index contributed by atoms with van der Waals surface area (Å²) in [6.45, 7) is 3.50. The van der Waals surface area contributed by atoms with Gasteiger partial charge < -0.3 is 5.11 Å². The first-order valence-electron chi connectivity index (χ1n) is 8.76. The fourth-order valence-electron chi connectivity index (χ4n) is 2.76. The van der Waals surface area contributed by atoms with E-state index in [0.717, 1.165) is 29.0 Å². The van der Waals surface area contributed by atoms with Gasteiger partial charge in [0, 0.05) is 22.2 Å². The topological polar surface area (TPSA) is 49.7 Å². The van der Waals surface area contributed by atoms with Crippen molar-refractivity contribution in [1.29, 1.82) is 0 Å². The van der Waals surface area contributed by atoms with Crippen molar-refractivity contribution in [3.8, 4) is 16.2 Å². The molecule has 0 amide bonds. The minimum Gasteiger partial charge on any atom is -0.506 e. The monoisotopic (exact) mass is 417 g/mol. The molecule has 1 heterocycles. The van der Waals surface area contributed by atoms with Gasteiger partial charge in [0.1, 0.15) is 12.3 Å². The molecule has 1 N–H and O–H groups in total. The van der Waals surface area contributed by atoms with E-state index in [4.69, 9.17) is 0 Å². The average molecular weight is 417 g/mol. The Hall–Kier alpha value is -2.93. The number of hydrogen-bond acceptors (Lipinski definition) is 4. The number of ketones is 1. The quantitative estimate of drug-likeness (QED) is 0.400. The lowest BCUT2D eigenvalue weighted by molar-refractivity contribution is -0.137. The summed E-state index contributed by atoms with van der Waals surface area (Å²) in [6.07, 6.45) is -4.46. The molecule has 0 aliphatic carbocycles. The summed E-state index contributed by atoms with van der Waals surface area (Å²) in [7, 11) is 0. The number of alkyl halides is 3. The fraction of sp³-hybridized carbons (Fsp3) is 0.182. The molecule has 0 saturated carbocycles. The van der Waals surface area contributed by atoms with Gasteiger partial charge in [-0.05, 0) is 31.5 Å². The third-order valence-electron chi connectivity index (χ3n) is 4.44. The number of benzene rings is 2. The van der Waals surface area contributed by atoms with E-state index in [9.17, 15) is 23.1 Å². The molecule has 29 heavy (non-hydrogen) atoms. The Morgan fingerprint density at radius 2 is 1.83 bits per heavy atom. The molecule has 3 nitrogen and oxygen atoms in total. The molecular weight excluding hydrogens is 399 g/mol. The summed E-state index contributed by atoms with van der Waals surface area (Å²) < 4.78 is 38.8. The number of Topliss-reactive ketones (excluding diaryl/α,β-unsaturated/α-hetero) is 1. The van der Waals surface area contributed by atoms with Gasteiger partial charge in [-0.3, -0.25) is 9.79 Å². The number of thiophene rings is 1. The number of halogens is 3. The molecule has 7 heteroatoms. The minimum absolute atomic E-state index is 0.0803. The summed E-state index contributed by atoms with van der Waals surface area (Å²) in [5.41, 5.74) is 1.94. The van der Waals surface area contributed by atoms with Crippen molar-refractivity contribution in [1.82, 2.24) is 0 Å². The molecule has 1 aromatic heterocycles. The molecule has 0 atom stereocenters. The van der Waals surface area contributed by atoms with Crippen LogP contribution in [0.4, 0.5) is 13.2 Å². The maximum atomic E-state index is 12.9. The number of aromatic hydroxyl groups is 1. The highest BCUT2D eigenvalue weighted by Gasteiger charge is 2.30. The van der Waals surface area contributed by atoms with E-state index in [1.165, 1.54) is 12.1 Å². The SMILES string of the molecule is CC(=NCC(=O)c1ccc(C)cc1)c1csc(-c2cccc(C(F)(F)F)c2)c1O. The Labute approximate surface area is 170 Å². The molecule has 0 fully saturated rings. The molecule has 0 saturated heterocycles. The van der Waals surface area contributed by atoms with Crippen LogP contribution in [-0.2, 0) is 6.18 Å². The molecule has 150 valence electrons. The van der Waals surface area contributed by atoms with E-state index in [2.05, 4.69) is 4.99 Å². The van der Waals surface area contributed by atoms with Crippen molar-refractivity contribution in [3.05, 3.63) is 76.2 Å². The molecular formula is C22H18F3NO2S. The van der Waals surface area contributed by atoms with Crippen molar-refractivity contribution in [2.24, 2.45) is 4.99 Å². The summed E-state index contributed by atoms with van der Waals surface area (Å²) in [4.78, 5) is 16.8.